The van der Waals surface area contributed by atoms with Gasteiger partial charge in [-0.15, -0.1) is 0 Å². The smallest absolute Gasteiger partial charge is 1.00 e. The number of benzene rings is 3. The van der Waals surface area contributed by atoms with E-state index in [-0.39, 0.29) is 91.4 Å². The molecule has 0 radical (unpaired) electrons. The molecule has 0 nitrogen and oxygen atoms in total. The Hall–Kier alpha value is -1.06. The molecule has 3 aromatic rings. The molecule has 0 saturated heterocycles. The van der Waals surface area contributed by atoms with E-state index in [1.807, 2.05) is 0 Å². The molecule has 5 heteroatoms. The number of hydrogen-bond donors (Lipinski definition) is 0. The molecule has 0 fully saturated rings. The molecule has 0 aliphatic heterocycles. The van der Waals surface area contributed by atoms with Crippen LogP contribution in [0, 0.1) is 6.08 Å². The zero-order chi connectivity index (χ0) is 38.2. The van der Waals surface area contributed by atoms with Crippen LogP contribution in [0.15, 0.2) is 70.9 Å². The van der Waals surface area contributed by atoms with Crippen LogP contribution in [-0.2, 0) is 54.2 Å². The summed E-state index contributed by atoms with van der Waals surface area (Å²) >= 11 is 0. The SMILES string of the molecule is CC1=[C-]C(C)=C([Si](c2cc(C(C)(C)C)cc(C(C)(C)C)c2)(c2cc(C(C)(C)C)cc(C(C)(C)C)c2)c2cc(C(C)(C)C)cc(C(C)(C)C)c2)C1.[Cl-].[Cl-].[Cl-].[Ti+4]. The van der Waals surface area contributed by atoms with Crippen molar-refractivity contribution in [2.75, 3.05) is 0 Å². The Morgan fingerprint density at radius 3 is 0.741 bits per heavy atom. The molecule has 1 aliphatic carbocycles. The van der Waals surface area contributed by atoms with Crippen molar-refractivity contribution in [3.05, 3.63) is 110 Å². The summed E-state index contributed by atoms with van der Waals surface area (Å²) < 4.78 is 0. The molecule has 0 aromatic heterocycles. The molecule has 0 amide bonds. The summed E-state index contributed by atoms with van der Waals surface area (Å²) in [5.74, 6) is 0. The third-order valence-electron chi connectivity index (χ3n) is 11.0. The summed E-state index contributed by atoms with van der Waals surface area (Å²) in [5.41, 5.74) is 11.3. The van der Waals surface area contributed by atoms with Crippen LogP contribution in [0.5, 0.6) is 0 Å². The van der Waals surface area contributed by atoms with Crippen LogP contribution >= 0.6 is 0 Å². The predicted octanol–water partition coefficient (Wildman–Crippen LogP) is 2.96. The standard InChI is InChI=1S/C49H71Si.3ClH.Ti/c1-32-21-33(2)43(22-32)50(40-26-34(44(3,4)5)23-35(27-40)45(6,7)8,41-28-36(46(9,10)11)24-37(29-41)47(12,13)14)42-30-38(48(15,16)17)25-39(31-42)49(18,19)20;;;;/h23-31H,22H2,1-20H3;3*1H;/q-1;;;;+4/p-3. The van der Waals surface area contributed by atoms with Crippen LogP contribution in [0.3, 0.4) is 0 Å². The van der Waals surface area contributed by atoms with E-state index in [0.717, 1.165) is 6.42 Å². The van der Waals surface area contributed by atoms with Gasteiger partial charge in [0.25, 0.3) is 0 Å². The molecule has 3 aromatic carbocycles. The van der Waals surface area contributed by atoms with Gasteiger partial charge in [-0.25, -0.2) is 16.8 Å². The van der Waals surface area contributed by atoms with Gasteiger partial charge < -0.3 is 37.2 Å². The van der Waals surface area contributed by atoms with Crippen molar-refractivity contribution in [3.63, 3.8) is 0 Å². The van der Waals surface area contributed by atoms with E-state index in [1.165, 1.54) is 60.1 Å². The van der Waals surface area contributed by atoms with Gasteiger partial charge >= 0.3 is 21.7 Å². The van der Waals surface area contributed by atoms with Gasteiger partial charge in [0.2, 0.25) is 0 Å². The molecule has 0 bridgehead atoms. The Morgan fingerprint density at radius 2 is 0.593 bits per heavy atom. The van der Waals surface area contributed by atoms with Crippen molar-refractivity contribution in [2.45, 2.75) is 177 Å². The van der Waals surface area contributed by atoms with Gasteiger partial charge in [-0.1, -0.05) is 215 Å². The van der Waals surface area contributed by atoms with E-state index >= 15 is 0 Å². The maximum atomic E-state index is 3.88. The molecule has 4 rings (SSSR count). The zero-order valence-electron chi connectivity index (χ0n) is 37.5. The van der Waals surface area contributed by atoms with Gasteiger partial charge in [0, 0.05) is 0 Å². The summed E-state index contributed by atoms with van der Waals surface area (Å²) in [6.45, 7) is 47.6. The minimum Gasteiger partial charge on any atom is -1.00 e. The molecule has 54 heavy (non-hydrogen) atoms. The van der Waals surface area contributed by atoms with Crippen LogP contribution in [0.25, 0.3) is 0 Å². The fourth-order valence-corrected chi connectivity index (χ4v) is 12.8. The molecule has 0 atom stereocenters. The van der Waals surface area contributed by atoms with Crippen molar-refractivity contribution in [1.82, 2.24) is 0 Å². The normalized spacial score (nSPS) is 14.4. The summed E-state index contributed by atoms with van der Waals surface area (Å²) in [5, 5.41) is 6.13. The summed E-state index contributed by atoms with van der Waals surface area (Å²) in [7, 11) is -2.96. The number of rotatable bonds is 4. The van der Waals surface area contributed by atoms with Gasteiger partial charge in [-0.2, -0.15) is 5.57 Å². The molecule has 0 spiro atoms. The molecule has 0 N–H and O–H groups in total. The molecule has 1 aliphatic rings. The maximum Gasteiger partial charge on any atom is 4.00 e. The molecule has 0 heterocycles. The first-order chi connectivity index (χ1) is 22.4. The Balaban J connectivity index is 0.00000702. The Morgan fingerprint density at radius 1 is 0.389 bits per heavy atom. The topological polar surface area (TPSA) is 0 Å². The fourth-order valence-electron chi connectivity index (χ4n) is 7.40. The zero-order valence-corrected chi connectivity index (χ0v) is 42.4. The Kier molecular flexibility index (Phi) is 17.1. The average molecular weight is 842 g/mol. The van der Waals surface area contributed by atoms with E-state index in [0.29, 0.717) is 0 Å². The number of halogens is 3. The summed E-state index contributed by atoms with van der Waals surface area (Å²) in [4.78, 5) is 0. The first kappa shape index (κ1) is 52.9. The van der Waals surface area contributed by atoms with E-state index in [4.69, 9.17) is 0 Å². The second kappa shape index (κ2) is 17.4. The predicted molar refractivity (Wildman–Crippen MR) is 226 cm³/mol. The molecule has 0 saturated carbocycles. The number of allylic oxidation sites excluding steroid dienone is 4. The van der Waals surface area contributed by atoms with Crippen molar-refractivity contribution in [3.8, 4) is 0 Å². The van der Waals surface area contributed by atoms with E-state index in [1.54, 1.807) is 5.20 Å². The first-order valence-electron chi connectivity index (χ1n) is 19.2. The monoisotopic (exact) mass is 840 g/mol. The number of hydrogen-bond acceptors (Lipinski definition) is 0. The van der Waals surface area contributed by atoms with Gasteiger partial charge in [0.15, 0.2) is 0 Å². The second-order valence-corrected chi connectivity index (χ2v) is 25.7. The molecule has 296 valence electrons. The van der Waals surface area contributed by atoms with Crippen LogP contribution < -0.4 is 52.8 Å². The van der Waals surface area contributed by atoms with E-state index in [2.05, 4.69) is 199 Å². The van der Waals surface area contributed by atoms with Gasteiger partial charge in [-0.05, 0) is 65.9 Å². The minimum atomic E-state index is -2.96. The van der Waals surface area contributed by atoms with Crippen LogP contribution in [0.1, 0.15) is 178 Å². The van der Waals surface area contributed by atoms with Gasteiger partial charge in [-0.3, -0.25) is 0 Å². The Labute approximate surface area is 367 Å². The maximum absolute atomic E-state index is 3.88. The molecular weight excluding hydrogens is 771 g/mol. The van der Waals surface area contributed by atoms with Crippen LogP contribution in [0.4, 0.5) is 0 Å². The fraction of sp³-hybridized carbons (Fsp3) is 0.551. The second-order valence-electron chi connectivity index (χ2n) is 21.8. The third kappa shape index (κ3) is 11.1. The first-order valence-corrected chi connectivity index (χ1v) is 21.2. The van der Waals surface area contributed by atoms with Crippen molar-refractivity contribution >= 4 is 23.6 Å². The Bertz CT molecular complexity index is 1560. The largest absolute Gasteiger partial charge is 4.00 e. The summed E-state index contributed by atoms with van der Waals surface area (Å²) in [6.07, 6.45) is 4.85. The van der Waals surface area contributed by atoms with Crippen molar-refractivity contribution in [2.24, 2.45) is 0 Å². The molecular formula is C49H71Cl3SiTi. The summed E-state index contributed by atoms with van der Waals surface area (Å²) in [6, 6.07) is 23.3. The quantitative estimate of drug-likeness (QED) is 0.216. The van der Waals surface area contributed by atoms with Crippen LogP contribution in [0.2, 0.25) is 0 Å². The van der Waals surface area contributed by atoms with Crippen LogP contribution in [-0.4, -0.2) is 8.07 Å². The van der Waals surface area contributed by atoms with E-state index in [9.17, 15) is 0 Å². The molecule has 0 unspecified atom stereocenters. The van der Waals surface area contributed by atoms with Crippen molar-refractivity contribution < 1.29 is 58.9 Å². The average Bonchev–Trinajstić information content (AvgIpc) is 3.27. The van der Waals surface area contributed by atoms with Gasteiger partial charge in [0.1, 0.15) is 0 Å². The van der Waals surface area contributed by atoms with Crippen molar-refractivity contribution in [1.29, 1.82) is 0 Å². The third-order valence-corrected chi connectivity index (χ3v) is 16.0. The van der Waals surface area contributed by atoms with E-state index < -0.39 is 8.07 Å². The van der Waals surface area contributed by atoms with Gasteiger partial charge in [0.05, 0.1) is 8.07 Å². The minimum absolute atomic E-state index is 0.